The van der Waals surface area contributed by atoms with E-state index in [-0.39, 0.29) is 30.0 Å². The first-order valence-electron chi connectivity index (χ1n) is 10.1. The molecular weight excluding hydrogens is 337 g/mol. The van der Waals surface area contributed by atoms with Gasteiger partial charge in [-0.3, -0.25) is 9.89 Å². The van der Waals surface area contributed by atoms with Crippen LogP contribution in [0.2, 0.25) is 0 Å². The molecule has 6 nitrogen and oxygen atoms in total. The fraction of sp³-hybridized carbons (Fsp3) is 0.947. The van der Waals surface area contributed by atoms with Crippen LogP contribution in [0.4, 0.5) is 4.39 Å². The van der Waals surface area contributed by atoms with Crippen molar-refractivity contribution in [1.82, 2.24) is 4.90 Å². The second-order valence-electron chi connectivity index (χ2n) is 8.42. The summed E-state index contributed by atoms with van der Waals surface area (Å²) in [5.74, 6) is 0.0281. The van der Waals surface area contributed by atoms with Crippen molar-refractivity contribution in [3.63, 3.8) is 0 Å². The van der Waals surface area contributed by atoms with Crippen LogP contribution in [0.5, 0.6) is 0 Å². The minimum absolute atomic E-state index is 0.0386. The summed E-state index contributed by atoms with van der Waals surface area (Å²) < 4.78 is 25.5. The zero-order valence-electron chi connectivity index (χ0n) is 15.6. The molecule has 148 valence electrons. The zero-order chi connectivity index (χ0) is 18.3. The Morgan fingerprint density at radius 2 is 1.96 bits per heavy atom. The third-order valence-electron chi connectivity index (χ3n) is 7.21. The Balaban J connectivity index is 1.63. The van der Waals surface area contributed by atoms with E-state index in [1.807, 2.05) is 0 Å². The number of rotatable bonds is 3. The van der Waals surface area contributed by atoms with Gasteiger partial charge in [0, 0.05) is 38.1 Å². The van der Waals surface area contributed by atoms with Gasteiger partial charge in [0.2, 0.25) is 0 Å². The molecule has 0 aromatic heterocycles. The van der Waals surface area contributed by atoms with Crippen LogP contribution in [0, 0.1) is 11.8 Å². The van der Waals surface area contributed by atoms with E-state index in [0.29, 0.717) is 31.9 Å². The summed E-state index contributed by atoms with van der Waals surface area (Å²) in [6.07, 6.45) is 3.47. The second kappa shape index (κ2) is 7.34. The molecule has 2 aliphatic carbocycles. The molecule has 7 unspecified atom stereocenters. The molecule has 26 heavy (non-hydrogen) atoms. The summed E-state index contributed by atoms with van der Waals surface area (Å²) in [7, 11) is 1.72. The van der Waals surface area contributed by atoms with Gasteiger partial charge in [-0.25, -0.2) is 4.39 Å². The summed E-state index contributed by atoms with van der Waals surface area (Å²) in [6.45, 7) is 3.06. The number of amidine groups is 1. The number of aliphatic imine (C=N–C) groups is 1. The normalized spacial score (nSPS) is 47.4. The lowest BCUT2D eigenvalue weighted by Gasteiger charge is -2.50. The van der Waals surface area contributed by atoms with Gasteiger partial charge in [0.15, 0.2) is 0 Å². The second-order valence-corrected chi connectivity index (χ2v) is 8.42. The molecule has 2 aliphatic heterocycles. The lowest BCUT2D eigenvalue weighted by atomic mass is 9.63. The van der Waals surface area contributed by atoms with Gasteiger partial charge in [0.25, 0.3) is 0 Å². The number of aliphatic hydroxyl groups is 1. The van der Waals surface area contributed by atoms with E-state index in [1.165, 1.54) is 0 Å². The average molecular weight is 369 g/mol. The van der Waals surface area contributed by atoms with E-state index in [2.05, 4.69) is 9.89 Å². The van der Waals surface area contributed by atoms with Gasteiger partial charge in [-0.1, -0.05) is 0 Å². The Labute approximate surface area is 154 Å². The Kier molecular flexibility index (Phi) is 5.25. The van der Waals surface area contributed by atoms with Crippen LogP contribution in [-0.4, -0.2) is 79.2 Å². The predicted molar refractivity (Wildman–Crippen MR) is 96.9 cm³/mol. The van der Waals surface area contributed by atoms with E-state index in [4.69, 9.17) is 15.2 Å². The minimum atomic E-state index is -1.23. The molecular formula is C19H32FN3O3. The summed E-state index contributed by atoms with van der Waals surface area (Å²) in [6, 6.07) is 0.169. The number of ether oxygens (including phenoxy) is 2. The molecule has 0 radical (unpaired) electrons. The first kappa shape index (κ1) is 18.6. The van der Waals surface area contributed by atoms with E-state index in [9.17, 15) is 9.50 Å². The van der Waals surface area contributed by atoms with Crippen LogP contribution in [0.1, 0.15) is 38.5 Å². The number of alkyl halides is 1. The Bertz CT molecular complexity index is 542. The highest BCUT2D eigenvalue weighted by atomic mass is 19.1. The maximum Gasteiger partial charge on any atom is 0.130 e. The topological polar surface area (TPSA) is 80.3 Å². The number of methoxy groups -OCH3 is 1. The number of nitrogens with zero attached hydrogens (tertiary/aromatic N) is 2. The summed E-state index contributed by atoms with van der Waals surface area (Å²) >= 11 is 0. The van der Waals surface area contributed by atoms with Crippen LogP contribution in [0.3, 0.4) is 0 Å². The van der Waals surface area contributed by atoms with Crippen molar-refractivity contribution in [1.29, 1.82) is 0 Å². The molecule has 0 spiro atoms. The van der Waals surface area contributed by atoms with Crippen LogP contribution in [0.25, 0.3) is 0 Å². The van der Waals surface area contributed by atoms with Crippen LogP contribution in [-0.2, 0) is 9.47 Å². The lowest BCUT2D eigenvalue weighted by molar-refractivity contribution is -0.103. The van der Waals surface area contributed by atoms with Gasteiger partial charge in [-0.05, 0) is 38.5 Å². The van der Waals surface area contributed by atoms with Gasteiger partial charge in [-0.15, -0.1) is 0 Å². The van der Waals surface area contributed by atoms with Gasteiger partial charge >= 0.3 is 0 Å². The molecule has 4 rings (SSSR count). The molecule has 7 heteroatoms. The molecule has 4 aliphatic rings. The van der Waals surface area contributed by atoms with Crippen LogP contribution >= 0.6 is 0 Å². The fourth-order valence-corrected chi connectivity index (χ4v) is 5.82. The maximum atomic E-state index is 14.4. The van der Waals surface area contributed by atoms with Crippen LogP contribution in [0.15, 0.2) is 4.99 Å². The first-order valence-corrected chi connectivity index (χ1v) is 10.1. The van der Waals surface area contributed by atoms with E-state index >= 15 is 0 Å². The number of halogens is 1. The molecule has 3 fully saturated rings. The smallest absolute Gasteiger partial charge is 0.130 e. The van der Waals surface area contributed by atoms with Crippen molar-refractivity contribution < 1.29 is 19.0 Å². The number of hydrogen-bond donors (Lipinski definition) is 2. The standard InChI is InChI=1S/C19H32FN3O3/c1-25-13-3-4-16-14(11-13)19(24,18(21)22-16)15-10-12(20)2-5-17(15)23-6-8-26-9-7-23/h12-17,24H,2-11H2,1H3,(H2,21,22). The van der Waals surface area contributed by atoms with Gasteiger partial charge < -0.3 is 20.3 Å². The highest BCUT2D eigenvalue weighted by Crippen LogP contribution is 2.49. The fourth-order valence-electron chi connectivity index (χ4n) is 5.82. The average Bonchev–Trinajstić information content (AvgIpc) is 2.93. The summed E-state index contributed by atoms with van der Waals surface area (Å²) in [5, 5.41) is 11.9. The SMILES string of the molecule is COC1CCC2N=C(N)C(O)(C3CC(F)CCC3N3CCOCC3)C2C1. The Morgan fingerprint density at radius 1 is 1.19 bits per heavy atom. The third kappa shape index (κ3) is 3.07. The van der Waals surface area contributed by atoms with E-state index in [1.54, 1.807) is 7.11 Å². The molecule has 1 saturated heterocycles. The molecule has 2 saturated carbocycles. The summed E-state index contributed by atoms with van der Waals surface area (Å²) in [4.78, 5) is 7.01. The maximum absolute atomic E-state index is 14.4. The van der Waals surface area contributed by atoms with Crippen LogP contribution < -0.4 is 5.73 Å². The van der Waals surface area contributed by atoms with E-state index in [0.717, 1.165) is 38.8 Å². The number of morpholine rings is 1. The monoisotopic (exact) mass is 369 g/mol. The van der Waals surface area contributed by atoms with E-state index < -0.39 is 11.8 Å². The quantitative estimate of drug-likeness (QED) is 0.779. The molecule has 0 bridgehead atoms. The molecule has 0 amide bonds. The van der Waals surface area contributed by atoms with Crippen molar-refractivity contribution in [2.75, 3.05) is 33.4 Å². The molecule has 0 aromatic carbocycles. The van der Waals surface area contributed by atoms with Crippen molar-refractivity contribution >= 4 is 5.84 Å². The van der Waals surface area contributed by atoms with Crippen molar-refractivity contribution in [2.24, 2.45) is 22.6 Å². The molecule has 3 N–H and O–H groups in total. The third-order valence-corrected chi connectivity index (χ3v) is 7.21. The van der Waals surface area contributed by atoms with Gasteiger partial charge in [0.05, 0.1) is 25.4 Å². The molecule has 0 aromatic rings. The number of nitrogens with two attached hydrogens (primary N) is 1. The van der Waals surface area contributed by atoms with Crippen molar-refractivity contribution in [3.05, 3.63) is 0 Å². The summed E-state index contributed by atoms with van der Waals surface area (Å²) in [5.41, 5.74) is 5.09. The number of fused-ring (bicyclic) bond motifs is 1. The molecule has 7 atom stereocenters. The largest absolute Gasteiger partial charge is 0.385 e. The molecule has 2 heterocycles. The highest BCUT2D eigenvalue weighted by Gasteiger charge is 2.59. The highest BCUT2D eigenvalue weighted by molar-refractivity contribution is 5.92. The van der Waals surface area contributed by atoms with Gasteiger partial charge in [0.1, 0.15) is 17.6 Å². The minimum Gasteiger partial charge on any atom is -0.385 e. The zero-order valence-corrected chi connectivity index (χ0v) is 15.6. The predicted octanol–water partition coefficient (Wildman–Crippen LogP) is 1.11. The van der Waals surface area contributed by atoms with Crippen molar-refractivity contribution in [2.45, 2.75) is 68.5 Å². The van der Waals surface area contributed by atoms with Crippen molar-refractivity contribution in [3.8, 4) is 0 Å². The van der Waals surface area contributed by atoms with Gasteiger partial charge in [-0.2, -0.15) is 0 Å². The Morgan fingerprint density at radius 3 is 2.69 bits per heavy atom. The Hall–Kier alpha value is -0.760. The first-order chi connectivity index (χ1) is 12.5. The number of hydrogen-bond acceptors (Lipinski definition) is 6. The lowest BCUT2D eigenvalue weighted by Crippen LogP contribution is -2.63.